The molecule has 0 saturated carbocycles. The maximum absolute atomic E-state index is 9.27. The molecule has 3 N–H and O–H groups in total. The summed E-state index contributed by atoms with van der Waals surface area (Å²) in [6, 6.07) is 0.419. The summed E-state index contributed by atoms with van der Waals surface area (Å²) in [4.78, 5) is 2.37. The van der Waals surface area contributed by atoms with E-state index in [-0.39, 0.29) is 30.3 Å². The molecule has 1 aliphatic rings. The van der Waals surface area contributed by atoms with Gasteiger partial charge in [-0.1, -0.05) is 20.8 Å². The Balaban J connectivity index is 2.80. The van der Waals surface area contributed by atoms with Crippen LogP contribution in [0.15, 0.2) is 0 Å². The zero-order valence-electron chi connectivity index (χ0n) is 11.8. The van der Waals surface area contributed by atoms with E-state index in [1.54, 1.807) is 0 Å². The molecule has 0 aromatic rings. The average molecular weight is 244 g/mol. The van der Waals surface area contributed by atoms with Crippen LogP contribution in [-0.2, 0) is 4.74 Å². The number of hydrogen-bond acceptors (Lipinski definition) is 4. The topological polar surface area (TPSA) is 58.7 Å². The van der Waals surface area contributed by atoms with Crippen molar-refractivity contribution in [2.45, 2.75) is 58.9 Å². The number of aliphatic hydroxyl groups excluding tert-OH is 1. The predicted molar refractivity (Wildman–Crippen MR) is 69.9 cm³/mol. The van der Waals surface area contributed by atoms with E-state index >= 15 is 0 Å². The van der Waals surface area contributed by atoms with E-state index in [0.717, 1.165) is 13.1 Å². The molecule has 1 rings (SSSR count). The lowest BCUT2D eigenvalue weighted by molar-refractivity contribution is -0.118. The second-order valence-corrected chi connectivity index (χ2v) is 6.38. The number of nitrogens with zero attached hydrogens (tertiary/aromatic N) is 1. The standard InChI is InChI=1S/C13H28N2O2/c1-9-6-15(7-11(8-16)17-9)12(10(2)14)13(3,4)5/h9-12,16H,6-8,14H2,1-5H3. The fraction of sp³-hybridized carbons (Fsp3) is 1.00. The molecule has 0 aromatic carbocycles. The Morgan fingerprint density at radius 3 is 2.41 bits per heavy atom. The Hall–Kier alpha value is -0.160. The minimum absolute atomic E-state index is 0.0800. The molecular weight excluding hydrogens is 216 g/mol. The average Bonchev–Trinajstić information content (AvgIpc) is 2.13. The van der Waals surface area contributed by atoms with Crippen LogP contribution in [0.3, 0.4) is 0 Å². The summed E-state index contributed by atoms with van der Waals surface area (Å²) < 4.78 is 5.68. The van der Waals surface area contributed by atoms with Gasteiger partial charge in [0.05, 0.1) is 18.8 Å². The molecule has 4 atom stereocenters. The van der Waals surface area contributed by atoms with Gasteiger partial charge in [0.15, 0.2) is 0 Å². The van der Waals surface area contributed by atoms with Crippen LogP contribution in [0.25, 0.3) is 0 Å². The van der Waals surface area contributed by atoms with Gasteiger partial charge in [0.25, 0.3) is 0 Å². The number of rotatable bonds is 3. The Kier molecular flexibility index (Phi) is 4.95. The van der Waals surface area contributed by atoms with Crippen LogP contribution >= 0.6 is 0 Å². The van der Waals surface area contributed by atoms with Crippen molar-refractivity contribution >= 4 is 0 Å². The van der Waals surface area contributed by atoms with E-state index < -0.39 is 0 Å². The van der Waals surface area contributed by atoms with Crippen LogP contribution in [0.4, 0.5) is 0 Å². The van der Waals surface area contributed by atoms with Crippen molar-refractivity contribution in [3.05, 3.63) is 0 Å². The van der Waals surface area contributed by atoms with E-state index in [4.69, 9.17) is 10.5 Å². The predicted octanol–water partition coefficient (Wildman–Crippen LogP) is 0.830. The molecule has 4 nitrogen and oxygen atoms in total. The van der Waals surface area contributed by atoms with Gasteiger partial charge in [-0.3, -0.25) is 4.90 Å². The highest BCUT2D eigenvalue weighted by Crippen LogP contribution is 2.28. The number of hydrogen-bond donors (Lipinski definition) is 2. The van der Waals surface area contributed by atoms with Crippen molar-refractivity contribution in [2.24, 2.45) is 11.1 Å². The summed E-state index contributed by atoms with van der Waals surface area (Å²) in [5, 5.41) is 9.27. The van der Waals surface area contributed by atoms with Crippen LogP contribution < -0.4 is 5.73 Å². The summed E-state index contributed by atoms with van der Waals surface area (Å²) in [6.07, 6.45) is 0.0758. The monoisotopic (exact) mass is 244 g/mol. The molecule has 4 heteroatoms. The summed E-state index contributed by atoms with van der Waals surface area (Å²) in [7, 11) is 0. The van der Waals surface area contributed by atoms with Gasteiger partial charge in [0, 0.05) is 25.2 Å². The van der Waals surface area contributed by atoms with Crippen LogP contribution in [0.2, 0.25) is 0 Å². The number of aliphatic hydroxyl groups is 1. The minimum atomic E-state index is -0.0812. The Morgan fingerprint density at radius 2 is 2.00 bits per heavy atom. The molecule has 1 heterocycles. The van der Waals surface area contributed by atoms with Crippen LogP contribution in [-0.4, -0.2) is 54.0 Å². The number of ether oxygens (including phenoxy) is 1. The smallest absolute Gasteiger partial charge is 0.0936 e. The van der Waals surface area contributed by atoms with Crippen LogP contribution in [0.1, 0.15) is 34.6 Å². The Bertz CT molecular complexity index is 238. The van der Waals surface area contributed by atoms with Crippen LogP contribution in [0.5, 0.6) is 0 Å². The maximum atomic E-state index is 9.27. The fourth-order valence-electron chi connectivity index (χ4n) is 3.08. The molecule has 0 amide bonds. The van der Waals surface area contributed by atoms with E-state index in [1.165, 1.54) is 0 Å². The first-order valence-electron chi connectivity index (χ1n) is 6.51. The molecule has 4 unspecified atom stereocenters. The molecule has 1 aliphatic heterocycles. The molecule has 0 aliphatic carbocycles. The molecule has 102 valence electrons. The Labute approximate surface area is 105 Å². The van der Waals surface area contributed by atoms with Gasteiger partial charge in [-0.15, -0.1) is 0 Å². The first kappa shape index (κ1) is 14.9. The lowest BCUT2D eigenvalue weighted by Gasteiger charge is -2.47. The van der Waals surface area contributed by atoms with Crippen LogP contribution in [0, 0.1) is 5.41 Å². The quantitative estimate of drug-likeness (QED) is 0.772. The molecule has 0 aromatic heterocycles. The van der Waals surface area contributed by atoms with Gasteiger partial charge in [-0.2, -0.15) is 0 Å². The molecule has 17 heavy (non-hydrogen) atoms. The van der Waals surface area contributed by atoms with Crippen molar-refractivity contribution in [2.75, 3.05) is 19.7 Å². The molecule has 0 spiro atoms. The van der Waals surface area contributed by atoms with E-state index in [9.17, 15) is 5.11 Å². The minimum Gasteiger partial charge on any atom is -0.394 e. The highest BCUT2D eigenvalue weighted by atomic mass is 16.5. The summed E-state index contributed by atoms with van der Waals surface area (Å²) in [6.45, 7) is 12.5. The van der Waals surface area contributed by atoms with E-state index in [0.29, 0.717) is 6.04 Å². The fourth-order valence-corrected chi connectivity index (χ4v) is 3.08. The normalized spacial score (nSPS) is 31.2. The highest BCUT2D eigenvalue weighted by Gasteiger charge is 2.37. The van der Waals surface area contributed by atoms with Crippen molar-refractivity contribution in [3.63, 3.8) is 0 Å². The van der Waals surface area contributed by atoms with Gasteiger partial charge < -0.3 is 15.6 Å². The molecule has 1 saturated heterocycles. The first-order valence-corrected chi connectivity index (χ1v) is 6.51. The first-order chi connectivity index (χ1) is 7.75. The van der Waals surface area contributed by atoms with Gasteiger partial charge in [-0.05, 0) is 19.3 Å². The van der Waals surface area contributed by atoms with Crippen molar-refractivity contribution < 1.29 is 9.84 Å². The third-order valence-corrected chi connectivity index (χ3v) is 3.34. The van der Waals surface area contributed by atoms with E-state index in [2.05, 4.69) is 39.5 Å². The lowest BCUT2D eigenvalue weighted by Crippen LogP contribution is -2.60. The third kappa shape index (κ3) is 3.91. The zero-order chi connectivity index (χ0) is 13.2. The van der Waals surface area contributed by atoms with Crippen molar-refractivity contribution in [1.29, 1.82) is 0 Å². The van der Waals surface area contributed by atoms with E-state index in [1.807, 2.05) is 0 Å². The lowest BCUT2D eigenvalue weighted by atomic mass is 9.81. The highest BCUT2D eigenvalue weighted by molar-refractivity contribution is 4.92. The van der Waals surface area contributed by atoms with Gasteiger partial charge >= 0.3 is 0 Å². The summed E-state index contributed by atoms with van der Waals surface area (Å²) in [5.41, 5.74) is 6.27. The third-order valence-electron chi connectivity index (χ3n) is 3.34. The molecule has 1 fully saturated rings. The summed E-state index contributed by atoms with van der Waals surface area (Å²) >= 11 is 0. The Morgan fingerprint density at radius 1 is 1.41 bits per heavy atom. The SMILES string of the molecule is CC1CN(C(C(C)N)C(C)(C)C)CC(CO)O1. The number of nitrogens with two attached hydrogens (primary N) is 1. The van der Waals surface area contributed by atoms with Gasteiger partial charge in [0.2, 0.25) is 0 Å². The second kappa shape index (κ2) is 5.65. The maximum Gasteiger partial charge on any atom is 0.0936 e. The summed E-state index contributed by atoms with van der Waals surface area (Å²) in [5.74, 6) is 0. The van der Waals surface area contributed by atoms with Gasteiger partial charge in [-0.25, -0.2) is 0 Å². The molecule has 0 bridgehead atoms. The van der Waals surface area contributed by atoms with Crippen molar-refractivity contribution in [1.82, 2.24) is 4.90 Å². The molecule has 0 radical (unpaired) electrons. The zero-order valence-corrected chi connectivity index (χ0v) is 11.8. The molecular formula is C13H28N2O2. The van der Waals surface area contributed by atoms with Gasteiger partial charge in [0.1, 0.15) is 0 Å². The second-order valence-electron chi connectivity index (χ2n) is 6.38. The number of morpholine rings is 1. The van der Waals surface area contributed by atoms with Crippen molar-refractivity contribution in [3.8, 4) is 0 Å². The largest absolute Gasteiger partial charge is 0.394 e.